The summed E-state index contributed by atoms with van der Waals surface area (Å²) < 4.78 is 13.2. The fraction of sp³-hybridized carbons (Fsp3) is 0.214. The molecule has 184 valence electrons. The Kier molecular flexibility index (Phi) is 7.97. The standard InChI is InChI=1S/C28H26FN3O4/c29-21-13-10-18(11-14-21)25(17-33)32-28(36)20-12-15-22-24(16-20)30-23(8-4-5-9-26(34)35)27(31-22)19-6-2-1-3-7-19/h1-3,6-7,10-16,25,33H,4-5,8-9,17H2,(H,32,36)(H,34,35)/t25-/m1/s1. The Hall–Kier alpha value is -4.17. The number of amides is 1. The van der Waals surface area contributed by atoms with Gasteiger partial charge in [-0.2, -0.15) is 0 Å². The Balaban J connectivity index is 1.62. The maximum absolute atomic E-state index is 13.2. The first-order valence-electron chi connectivity index (χ1n) is 11.7. The first kappa shape index (κ1) is 24.9. The molecule has 1 atom stereocenters. The van der Waals surface area contributed by atoms with E-state index in [-0.39, 0.29) is 13.0 Å². The number of carbonyl (C=O) groups is 2. The van der Waals surface area contributed by atoms with Crippen molar-refractivity contribution in [2.45, 2.75) is 31.7 Å². The van der Waals surface area contributed by atoms with Crippen LogP contribution in [-0.2, 0) is 11.2 Å². The molecule has 0 spiro atoms. The van der Waals surface area contributed by atoms with Crippen molar-refractivity contribution in [2.75, 3.05) is 6.61 Å². The van der Waals surface area contributed by atoms with E-state index in [0.29, 0.717) is 41.4 Å². The maximum atomic E-state index is 13.2. The zero-order valence-corrected chi connectivity index (χ0v) is 19.5. The number of halogens is 1. The molecule has 0 aliphatic rings. The van der Waals surface area contributed by atoms with E-state index in [1.54, 1.807) is 18.2 Å². The van der Waals surface area contributed by atoms with Gasteiger partial charge in [-0.1, -0.05) is 42.5 Å². The normalized spacial score (nSPS) is 11.8. The van der Waals surface area contributed by atoms with E-state index in [1.165, 1.54) is 24.3 Å². The molecule has 4 aromatic rings. The Morgan fingerprint density at radius 2 is 1.67 bits per heavy atom. The molecular weight excluding hydrogens is 461 g/mol. The van der Waals surface area contributed by atoms with Crippen molar-refractivity contribution in [3.8, 4) is 11.3 Å². The third-order valence-corrected chi connectivity index (χ3v) is 5.86. The van der Waals surface area contributed by atoms with Crippen LogP contribution in [0.3, 0.4) is 0 Å². The number of fused-ring (bicyclic) bond motifs is 1. The molecule has 0 unspecified atom stereocenters. The largest absolute Gasteiger partial charge is 0.481 e. The summed E-state index contributed by atoms with van der Waals surface area (Å²) in [7, 11) is 0. The summed E-state index contributed by atoms with van der Waals surface area (Å²) in [6.45, 7) is -0.342. The summed E-state index contributed by atoms with van der Waals surface area (Å²) in [6.07, 6.45) is 1.81. The summed E-state index contributed by atoms with van der Waals surface area (Å²) >= 11 is 0. The number of aliphatic carboxylic acids is 1. The smallest absolute Gasteiger partial charge is 0.303 e. The van der Waals surface area contributed by atoms with Crippen LogP contribution in [0.15, 0.2) is 72.8 Å². The topological polar surface area (TPSA) is 112 Å². The van der Waals surface area contributed by atoms with Gasteiger partial charge in [-0.05, 0) is 55.2 Å². The van der Waals surface area contributed by atoms with Crippen LogP contribution in [0.4, 0.5) is 4.39 Å². The molecule has 0 radical (unpaired) electrons. The van der Waals surface area contributed by atoms with E-state index in [9.17, 15) is 19.1 Å². The fourth-order valence-electron chi connectivity index (χ4n) is 3.97. The molecule has 7 nitrogen and oxygen atoms in total. The third-order valence-electron chi connectivity index (χ3n) is 5.86. The lowest BCUT2D eigenvalue weighted by molar-refractivity contribution is -0.137. The monoisotopic (exact) mass is 487 g/mol. The van der Waals surface area contributed by atoms with Gasteiger partial charge in [0.15, 0.2) is 0 Å². The number of carbonyl (C=O) groups excluding carboxylic acids is 1. The highest BCUT2D eigenvalue weighted by molar-refractivity contribution is 5.97. The second kappa shape index (κ2) is 11.5. The van der Waals surface area contributed by atoms with Crippen LogP contribution in [0.2, 0.25) is 0 Å². The Morgan fingerprint density at radius 1 is 0.917 bits per heavy atom. The Labute approximate surface area is 207 Å². The number of benzene rings is 3. The number of rotatable bonds is 10. The van der Waals surface area contributed by atoms with Crippen molar-refractivity contribution in [1.82, 2.24) is 15.3 Å². The summed E-state index contributed by atoms with van der Waals surface area (Å²) in [5.41, 5.74) is 4.47. The second-order valence-electron chi connectivity index (χ2n) is 8.45. The van der Waals surface area contributed by atoms with Crippen molar-refractivity contribution >= 4 is 22.9 Å². The highest BCUT2D eigenvalue weighted by atomic mass is 19.1. The van der Waals surface area contributed by atoms with Crippen molar-refractivity contribution in [2.24, 2.45) is 0 Å². The number of carboxylic acid groups (broad SMARTS) is 1. The van der Waals surface area contributed by atoms with E-state index >= 15 is 0 Å². The van der Waals surface area contributed by atoms with Crippen LogP contribution >= 0.6 is 0 Å². The van der Waals surface area contributed by atoms with Gasteiger partial charge in [0.05, 0.1) is 35.1 Å². The van der Waals surface area contributed by atoms with E-state index in [1.807, 2.05) is 30.3 Å². The first-order chi connectivity index (χ1) is 17.4. The van der Waals surface area contributed by atoms with Gasteiger partial charge in [0.25, 0.3) is 5.91 Å². The van der Waals surface area contributed by atoms with Crippen LogP contribution in [0, 0.1) is 5.82 Å². The number of aliphatic hydroxyl groups excluding tert-OH is 1. The predicted octanol–water partition coefficient (Wildman–Crippen LogP) is 4.70. The predicted molar refractivity (Wildman–Crippen MR) is 134 cm³/mol. The van der Waals surface area contributed by atoms with Crippen LogP contribution in [0.5, 0.6) is 0 Å². The number of nitrogens with zero attached hydrogens (tertiary/aromatic N) is 2. The van der Waals surface area contributed by atoms with Crippen molar-refractivity contribution in [3.63, 3.8) is 0 Å². The van der Waals surface area contributed by atoms with Gasteiger partial charge < -0.3 is 15.5 Å². The minimum absolute atomic E-state index is 0.0894. The Morgan fingerprint density at radius 3 is 2.36 bits per heavy atom. The van der Waals surface area contributed by atoms with Gasteiger partial charge in [-0.25, -0.2) is 14.4 Å². The average molecular weight is 488 g/mol. The fourth-order valence-corrected chi connectivity index (χ4v) is 3.97. The molecule has 0 bridgehead atoms. The number of hydrogen-bond donors (Lipinski definition) is 3. The molecule has 1 amide bonds. The number of carboxylic acids is 1. The van der Waals surface area contributed by atoms with Crippen LogP contribution in [-0.4, -0.2) is 38.7 Å². The minimum atomic E-state index is -0.833. The lowest BCUT2D eigenvalue weighted by Gasteiger charge is -2.17. The molecule has 4 rings (SSSR count). The van der Waals surface area contributed by atoms with Gasteiger partial charge in [0, 0.05) is 17.5 Å². The van der Waals surface area contributed by atoms with E-state index < -0.39 is 23.7 Å². The highest BCUT2D eigenvalue weighted by Crippen LogP contribution is 2.25. The molecule has 3 N–H and O–H groups in total. The maximum Gasteiger partial charge on any atom is 0.303 e. The van der Waals surface area contributed by atoms with Crippen molar-refractivity contribution in [1.29, 1.82) is 0 Å². The van der Waals surface area contributed by atoms with Crippen LogP contribution < -0.4 is 5.32 Å². The summed E-state index contributed by atoms with van der Waals surface area (Å²) in [5, 5.41) is 21.5. The lowest BCUT2D eigenvalue weighted by atomic mass is 10.0. The van der Waals surface area contributed by atoms with Gasteiger partial charge in [0.1, 0.15) is 5.82 Å². The molecule has 8 heteroatoms. The second-order valence-corrected chi connectivity index (χ2v) is 8.45. The zero-order valence-electron chi connectivity index (χ0n) is 19.5. The molecule has 36 heavy (non-hydrogen) atoms. The molecule has 0 fully saturated rings. The first-order valence-corrected chi connectivity index (χ1v) is 11.7. The molecule has 1 aromatic heterocycles. The van der Waals surface area contributed by atoms with Crippen LogP contribution in [0.1, 0.15) is 46.9 Å². The highest BCUT2D eigenvalue weighted by Gasteiger charge is 2.17. The number of aromatic nitrogens is 2. The molecular formula is C28H26FN3O4. The number of unbranched alkanes of at least 4 members (excludes halogenated alkanes) is 1. The number of hydrogen-bond acceptors (Lipinski definition) is 5. The van der Waals surface area contributed by atoms with Crippen molar-refractivity contribution < 1.29 is 24.2 Å². The van der Waals surface area contributed by atoms with Gasteiger partial charge >= 0.3 is 5.97 Å². The van der Waals surface area contributed by atoms with E-state index in [4.69, 9.17) is 15.1 Å². The van der Waals surface area contributed by atoms with Gasteiger partial charge in [-0.3, -0.25) is 9.59 Å². The number of aryl methyl sites for hydroxylation is 1. The summed E-state index contributed by atoms with van der Waals surface area (Å²) in [4.78, 5) is 33.4. The van der Waals surface area contributed by atoms with E-state index in [0.717, 1.165) is 17.0 Å². The van der Waals surface area contributed by atoms with Gasteiger partial charge in [-0.15, -0.1) is 0 Å². The third kappa shape index (κ3) is 6.09. The Bertz CT molecular complexity index is 1360. The van der Waals surface area contributed by atoms with E-state index in [2.05, 4.69) is 5.32 Å². The number of nitrogens with one attached hydrogen (secondary N) is 1. The molecule has 1 heterocycles. The van der Waals surface area contributed by atoms with Gasteiger partial charge in [0.2, 0.25) is 0 Å². The molecule has 0 aliphatic heterocycles. The van der Waals surface area contributed by atoms with Crippen molar-refractivity contribution in [3.05, 3.63) is 95.4 Å². The average Bonchev–Trinajstić information content (AvgIpc) is 2.89. The number of aliphatic hydroxyl groups is 1. The molecule has 3 aromatic carbocycles. The summed E-state index contributed by atoms with van der Waals surface area (Å²) in [6, 6.07) is 19.6. The molecule has 0 saturated carbocycles. The lowest BCUT2D eigenvalue weighted by Crippen LogP contribution is -2.30. The minimum Gasteiger partial charge on any atom is -0.481 e. The zero-order chi connectivity index (χ0) is 25.5. The SMILES string of the molecule is O=C(O)CCCCc1nc2cc(C(=O)N[C@H](CO)c3ccc(F)cc3)ccc2nc1-c1ccccc1. The summed E-state index contributed by atoms with van der Waals surface area (Å²) in [5.74, 6) is -1.64. The molecule has 0 aliphatic carbocycles. The quantitative estimate of drug-likeness (QED) is 0.280. The molecule has 0 saturated heterocycles. The van der Waals surface area contributed by atoms with Crippen LogP contribution in [0.25, 0.3) is 22.3 Å².